The number of hydrogen-bond donors (Lipinski definition) is 1. The Morgan fingerprint density at radius 1 is 1.04 bits per heavy atom. The van der Waals surface area contributed by atoms with E-state index in [1.165, 1.54) is 11.3 Å². The summed E-state index contributed by atoms with van der Waals surface area (Å²) in [7, 11) is 0. The van der Waals surface area contributed by atoms with Gasteiger partial charge in [-0.25, -0.2) is 4.98 Å². The first-order valence-corrected chi connectivity index (χ1v) is 9.50. The zero-order valence-electron chi connectivity index (χ0n) is 14.8. The second-order valence-corrected chi connectivity index (χ2v) is 7.17. The maximum absolute atomic E-state index is 12.4. The molecule has 0 atom stereocenters. The Hall–Kier alpha value is -3.18. The second kappa shape index (κ2) is 7.60. The van der Waals surface area contributed by atoms with E-state index in [0.29, 0.717) is 12.1 Å². The Balaban J connectivity index is 1.37. The molecule has 5 heteroatoms. The molecule has 4 aromatic rings. The van der Waals surface area contributed by atoms with Crippen molar-refractivity contribution >= 4 is 27.5 Å². The van der Waals surface area contributed by atoms with E-state index in [0.717, 1.165) is 32.8 Å². The molecule has 134 valence electrons. The smallest absolute Gasteiger partial charge is 0.251 e. The van der Waals surface area contributed by atoms with Crippen LogP contribution in [0.15, 0.2) is 72.2 Å². The van der Waals surface area contributed by atoms with Gasteiger partial charge in [-0.2, -0.15) is 0 Å². The van der Waals surface area contributed by atoms with Crippen molar-refractivity contribution in [3.05, 3.63) is 88.9 Å². The average Bonchev–Trinajstić information content (AvgIpc) is 3.15. The summed E-state index contributed by atoms with van der Waals surface area (Å²) in [4.78, 5) is 16.6. The SMILES string of the molecule is Cc1cccc(Oc2ccc(CNC(=O)c3ccc4ncsc4c3)cc2)c1. The van der Waals surface area contributed by atoms with Crippen molar-refractivity contribution in [3.8, 4) is 11.5 Å². The largest absolute Gasteiger partial charge is 0.457 e. The molecule has 1 aromatic heterocycles. The van der Waals surface area contributed by atoms with Gasteiger partial charge in [-0.1, -0.05) is 24.3 Å². The van der Waals surface area contributed by atoms with Gasteiger partial charge < -0.3 is 10.1 Å². The van der Waals surface area contributed by atoms with E-state index in [9.17, 15) is 4.79 Å². The number of aryl methyl sites for hydroxylation is 1. The number of rotatable bonds is 5. The molecule has 0 aliphatic carbocycles. The Morgan fingerprint density at radius 3 is 2.70 bits per heavy atom. The van der Waals surface area contributed by atoms with Crippen molar-refractivity contribution in [2.24, 2.45) is 0 Å². The van der Waals surface area contributed by atoms with E-state index in [2.05, 4.69) is 10.3 Å². The van der Waals surface area contributed by atoms with Gasteiger partial charge in [-0.15, -0.1) is 11.3 Å². The molecule has 27 heavy (non-hydrogen) atoms. The highest BCUT2D eigenvalue weighted by Gasteiger charge is 2.07. The third-order valence-corrected chi connectivity index (χ3v) is 4.99. The summed E-state index contributed by atoms with van der Waals surface area (Å²) in [6.45, 7) is 2.50. The van der Waals surface area contributed by atoms with Crippen LogP contribution in [0.3, 0.4) is 0 Å². The van der Waals surface area contributed by atoms with Crippen molar-refractivity contribution in [1.29, 1.82) is 0 Å². The number of carbonyl (C=O) groups excluding carboxylic acids is 1. The number of nitrogens with zero attached hydrogens (tertiary/aromatic N) is 1. The van der Waals surface area contributed by atoms with Gasteiger partial charge in [0, 0.05) is 12.1 Å². The van der Waals surface area contributed by atoms with Gasteiger partial charge in [0.2, 0.25) is 0 Å². The molecule has 1 heterocycles. The van der Waals surface area contributed by atoms with Crippen molar-refractivity contribution in [2.75, 3.05) is 0 Å². The number of thiazole rings is 1. The Bertz CT molecular complexity index is 1090. The second-order valence-electron chi connectivity index (χ2n) is 6.28. The van der Waals surface area contributed by atoms with Crippen molar-refractivity contribution in [1.82, 2.24) is 10.3 Å². The lowest BCUT2D eigenvalue weighted by Crippen LogP contribution is -2.22. The van der Waals surface area contributed by atoms with E-state index in [-0.39, 0.29) is 5.91 Å². The lowest BCUT2D eigenvalue weighted by molar-refractivity contribution is 0.0951. The molecule has 0 aliphatic rings. The fraction of sp³-hybridized carbons (Fsp3) is 0.0909. The summed E-state index contributed by atoms with van der Waals surface area (Å²) in [6.07, 6.45) is 0. The maximum atomic E-state index is 12.4. The number of benzene rings is 3. The fourth-order valence-electron chi connectivity index (χ4n) is 2.77. The number of hydrogen-bond acceptors (Lipinski definition) is 4. The predicted octanol–water partition coefficient (Wildman–Crippen LogP) is 5.33. The van der Waals surface area contributed by atoms with Crippen molar-refractivity contribution in [3.63, 3.8) is 0 Å². The first-order valence-electron chi connectivity index (χ1n) is 8.62. The molecule has 1 N–H and O–H groups in total. The van der Waals surface area contributed by atoms with Crippen LogP contribution < -0.4 is 10.1 Å². The number of nitrogens with one attached hydrogen (secondary N) is 1. The standard InChI is InChI=1S/C22H18N2O2S/c1-15-3-2-4-19(11-15)26-18-8-5-16(6-9-18)13-23-22(25)17-7-10-20-21(12-17)27-14-24-20/h2-12,14H,13H2,1H3,(H,23,25). The highest BCUT2D eigenvalue weighted by atomic mass is 32.1. The van der Waals surface area contributed by atoms with E-state index in [1.54, 1.807) is 11.6 Å². The summed E-state index contributed by atoms with van der Waals surface area (Å²) in [5.41, 5.74) is 5.52. The number of aromatic nitrogens is 1. The van der Waals surface area contributed by atoms with Crippen LogP contribution in [-0.4, -0.2) is 10.9 Å². The van der Waals surface area contributed by atoms with Crippen LogP contribution in [0.1, 0.15) is 21.5 Å². The van der Waals surface area contributed by atoms with Crippen LogP contribution in [0.25, 0.3) is 10.2 Å². The minimum absolute atomic E-state index is 0.0922. The third-order valence-electron chi connectivity index (χ3n) is 4.20. The molecule has 0 bridgehead atoms. The highest BCUT2D eigenvalue weighted by molar-refractivity contribution is 7.16. The van der Waals surface area contributed by atoms with Gasteiger partial charge in [-0.05, 0) is 60.5 Å². The third kappa shape index (κ3) is 4.15. The van der Waals surface area contributed by atoms with Crippen molar-refractivity contribution in [2.45, 2.75) is 13.5 Å². The quantitative estimate of drug-likeness (QED) is 0.514. The van der Waals surface area contributed by atoms with E-state index in [1.807, 2.05) is 67.6 Å². The van der Waals surface area contributed by atoms with E-state index in [4.69, 9.17) is 4.74 Å². The number of amides is 1. The number of ether oxygens (including phenoxy) is 1. The fourth-order valence-corrected chi connectivity index (χ4v) is 3.49. The van der Waals surface area contributed by atoms with E-state index >= 15 is 0 Å². The maximum Gasteiger partial charge on any atom is 0.251 e. The van der Waals surface area contributed by atoms with Crippen LogP contribution in [0, 0.1) is 6.92 Å². The zero-order chi connectivity index (χ0) is 18.6. The first-order chi connectivity index (χ1) is 13.2. The molecular formula is C22H18N2O2S. The molecule has 0 saturated carbocycles. The van der Waals surface area contributed by atoms with Gasteiger partial charge in [-0.3, -0.25) is 4.79 Å². The monoisotopic (exact) mass is 374 g/mol. The van der Waals surface area contributed by atoms with E-state index < -0.39 is 0 Å². The molecule has 0 fully saturated rings. The van der Waals surface area contributed by atoms with Crippen LogP contribution in [0.2, 0.25) is 0 Å². The molecule has 1 amide bonds. The minimum atomic E-state index is -0.0922. The lowest BCUT2D eigenvalue weighted by atomic mass is 10.2. The normalized spacial score (nSPS) is 10.7. The highest BCUT2D eigenvalue weighted by Crippen LogP contribution is 2.23. The van der Waals surface area contributed by atoms with Crippen LogP contribution in [-0.2, 0) is 6.54 Å². The summed E-state index contributed by atoms with van der Waals surface area (Å²) < 4.78 is 6.86. The summed E-state index contributed by atoms with van der Waals surface area (Å²) in [6, 6.07) is 21.2. The average molecular weight is 374 g/mol. The topological polar surface area (TPSA) is 51.2 Å². The van der Waals surface area contributed by atoms with Gasteiger partial charge in [0.25, 0.3) is 5.91 Å². The number of fused-ring (bicyclic) bond motifs is 1. The molecule has 4 rings (SSSR count). The van der Waals surface area contributed by atoms with Crippen molar-refractivity contribution < 1.29 is 9.53 Å². The molecule has 0 radical (unpaired) electrons. The van der Waals surface area contributed by atoms with Gasteiger partial charge in [0.1, 0.15) is 11.5 Å². The molecule has 0 unspecified atom stereocenters. The molecular weight excluding hydrogens is 356 g/mol. The molecule has 0 saturated heterocycles. The zero-order valence-corrected chi connectivity index (χ0v) is 15.6. The lowest BCUT2D eigenvalue weighted by Gasteiger charge is -2.08. The Kier molecular flexibility index (Phi) is 4.85. The van der Waals surface area contributed by atoms with Gasteiger partial charge in [0.05, 0.1) is 15.7 Å². The molecule has 0 aliphatic heterocycles. The molecule has 0 spiro atoms. The number of carbonyl (C=O) groups is 1. The van der Waals surface area contributed by atoms with Gasteiger partial charge in [0.15, 0.2) is 0 Å². The molecule has 3 aromatic carbocycles. The Labute approximate surface area is 161 Å². The molecule has 4 nitrogen and oxygen atoms in total. The first kappa shape index (κ1) is 17.2. The van der Waals surface area contributed by atoms with Crippen LogP contribution in [0.5, 0.6) is 11.5 Å². The Morgan fingerprint density at radius 2 is 1.89 bits per heavy atom. The summed E-state index contributed by atoms with van der Waals surface area (Å²) >= 11 is 1.53. The van der Waals surface area contributed by atoms with Gasteiger partial charge >= 0.3 is 0 Å². The van der Waals surface area contributed by atoms with Crippen LogP contribution >= 0.6 is 11.3 Å². The van der Waals surface area contributed by atoms with Crippen LogP contribution in [0.4, 0.5) is 0 Å². The summed E-state index contributed by atoms with van der Waals surface area (Å²) in [5.74, 6) is 1.49. The summed E-state index contributed by atoms with van der Waals surface area (Å²) in [5, 5.41) is 2.95. The predicted molar refractivity (Wildman–Crippen MR) is 108 cm³/mol. The minimum Gasteiger partial charge on any atom is -0.457 e.